The van der Waals surface area contributed by atoms with Crippen LogP contribution < -0.4 is 25.0 Å². The van der Waals surface area contributed by atoms with Crippen molar-refractivity contribution in [1.29, 1.82) is 0 Å². The van der Waals surface area contributed by atoms with E-state index in [2.05, 4.69) is 10.6 Å². The summed E-state index contributed by atoms with van der Waals surface area (Å²) in [6.45, 7) is 2.79. The summed E-state index contributed by atoms with van der Waals surface area (Å²) >= 11 is 0. The van der Waals surface area contributed by atoms with Gasteiger partial charge in [0.1, 0.15) is 11.5 Å². The molecule has 2 aromatic rings. The zero-order chi connectivity index (χ0) is 22.4. The number of methoxy groups -OCH3 is 2. The molecule has 164 valence electrons. The molecular formula is C23H27N3O5. The van der Waals surface area contributed by atoms with Gasteiger partial charge in [0.05, 0.1) is 25.8 Å². The van der Waals surface area contributed by atoms with Crippen LogP contribution in [0.1, 0.15) is 30.1 Å². The van der Waals surface area contributed by atoms with Gasteiger partial charge in [-0.1, -0.05) is 13.0 Å². The fourth-order valence-corrected chi connectivity index (χ4v) is 3.45. The molecule has 1 unspecified atom stereocenters. The molecule has 1 fully saturated rings. The minimum atomic E-state index is -0.527. The lowest BCUT2D eigenvalue weighted by Crippen LogP contribution is -2.28. The molecule has 8 nitrogen and oxygen atoms in total. The largest absolute Gasteiger partial charge is 0.497 e. The average molecular weight is 425 g/mol. The number of nitrogens with one attached hydrogen (secondary N) is 2. The Kier molecular flexibility index (Phi) is 7.12. The number of nitrogens with zero attached hydrogens (tertiary/aromatic N) is 1. The topological polar surface area (TPSA) is 97.0 Å². The summed E-state index contributed by atoms with van der Waals surface area (Å²) in [4.78, 5) is 39.2. The molecule has 31 heavy (non-hydrogen) atoms. The van der Waals surface area contributed by atoms with E-state index in [0.717, 1.165) is 6.42 Å². The van der Waals surface area contributed by atoms with Crippen LogP contribution >= 0.6 is 0 Å². The minimum Gasteiger partial charge on any atom is -0.497 e. The van der Waals surface area contributed by atoms with E-state index in [1.165, 1.54) is 7.11 Å². The van der Waals surface area contributed by atoms with Crippen molar-refractivity contribution in [1.82, 2.24) is 5.32 Å². The Morgan fingerprint density at radius 3 is 2.65 bits per heavy atom. The molecule has 0 saturated carbocycles. The zero-order valence-electron chi connectivity index (χ0n) is 17.9. The monoisotopic (exact) mass is 425 g/mol. The SMILES string of the molecule is CCCNC(=O)c1cccc(NC(=O)C2CC(=O)N(c3cc(OC)ccc3OC)C2)c1. The van der Waals surface area contributed by atoms with Gasteiger partial charge in [0.15, 0.2) is 0 Å². The number of hydrogen-bond donors (Lipinski definition) is 2. The zero-order valence-corrected chi connectivity index (χ0v) is 17.9. The van der Waals surface area contributed by atoms with Crippen LogP contribution in [0.25, 0.3) is 0 Å². The maximum Gasteiger partial charge on any atom is 0.251 e. The lowest BCUT2D eigenvalue weighted by Gasteiger charge is -2.20. The number of anilines is 2. The summed E-state index contributed by atoms with van der Waals surface area (Å²) in [6.07, 6.45) is 0.926. The van der Waals surface area contributed by atoms with Crippen molar-refractivity contribution < 1.29 is 23.9 Å². The summed E-state index contributed by atoms with van der Waals surface area (Å²) in [5.41, 5.74) is 1.55. The van der Waals surface area contributed by atoms with Gasteiger partial charge in [-0.3, -0.25) is 14.4 Å². The lowest BCUT2D eigenvalue weighted by molar-refractivity contribution is -0.122. The second-order valence-corrected chi connectivity index (χ2v) is 7.27. The normalized spacial score (nSPS) is 15.5. The molecule has 8 heteroatoms. The second kappa shape index (κ2) is 9.97. The van der Waals surface area contributed by atoms with E-state index in [1.54, 1.807) is 54.5 Å². The van der Waals surface area contributed by atoms with Gasteiger partial charge in [0.2, 0.25) is 11.8 Å². The van der Waals surface area contributed by atoms with Crippen molar-refractivity contribution in [3.8, 4) is 11.5 Å². The van der Waals surface area contributed by atoms with Crippen LogP contribution in [0.4, 0.5) is 11.4 Å². The highest BCUT2D eigenvalue weighted by molar-refractivity contribution is 6.04. The molecule has 0 aromatic heterocycles. The molecule has 1 saturated heterocycles. The average Bonchev–Trinajstić information content (AvgIpc) is 3.18. The van der Waals surface area contributed by atoms with Gasteiger partial charge in [0, 0.05) is 36.8 Å². The van der Waals surface area contributed by atoms with Crippen LogP contribution in [0.3, 0.4) is 0 Å². The van der Waals surface area contributed by atoms with E-state index in [0.29, 0.717) is 35.0 Å². The van der Waals surface area contributed by atoms with Crippen LogP contribution in [-0.4, -0.2) is 45.0 Å². The standard InChI is InChI=1S/C23H27N3O5/c1-4-10-24-22(28)15-6-5-7-17(11-15)25-23(29)16-12-21(27)26(14-16)19-13-18(30-2)8-9-20(19)31-3/h5-9,11,13,16H,4,10,12,14H2,1-3H3,(H,24,28)(H,25,29). The van der Waals surface area contributed by atoms with Gasteiger partial charge in [-0.05, 0) is 36.8 Å². The first-order chi connectivity index (χ1) is 15.0. The van der Waals surface area contributed by atoms with Gasteiger partial charge in [0.25, 0.3) is 5.91 Å². The van der Waals surface area contributed by atoms with Crippen LogP contribution in [0.5, 0.6) is 11.5 Å². The number of hydrogen-bond acceptors (Lipinski definition) is 5. The maximum absolute atomic E-state index is 12.8. The predicted molar refractivity (Wildman–Crippen MR) is 118 cm³/mol. The number of ether oxygens (including phenoxy) is 2. The van der Waals surface area contributed by atoms with Crippen LogP contribution in [0.15, 0.2) is 42.5 Å². The first-order valence-corrected chi connectivity index (χ1v) is 10.2. The first kappa shape index (κ1) is 22.1. The Balaban J connectivity index is 1.71. The molecule has 2 N–H and O–H groups in total. The summed E-state index contributed by atoms with van der Waals surface area (Å²) in [5, 5.41) is 5.63. The molecule has 0 radical (unpaired) electrons. The van der Waals surface area contributed by atoms with Crippen LogP contribution in [0.2, 0.25) is 0 Å². The first-order valence-electron chi connectivity index (χ1n) is 10.2. The molecule has 0 spiro atoms. The van der Waals surface area contributed by atoms with Crippen molar-refractivity contribution in [2.45, 2.75) is 19.8 Å². The lowest BCUT2D eigenvalue weighted by atomic mass is 10.1. The molecule has 0 aliphatic carbocycles. The third-order valence-electron chi connectivity index (χ3n) is 5.10. The number of amides is 3. The van der Waals surface area contributed by atoms with Crippen molar-refractivity contribution in [3.05, 3.63) is 48.0 Å². The molecular weight excluding hydrogens is 398 g/mol. The molecule has 3 amide bonds. The molecule has 0 bridgehead atoms. The van der Waals surface area contributed by atoms with Crippen molar-refractivity contribution >= 4 is 29.1 Å². The summed E-state index contributed by atoms with van der Waals surface area (Å²) < 4.78 is 10.6. The predicted octanol–water partition coefficient (Wildman–Crippen LogP) is 2.84. The third-order valence-corrected chi connectivity index (χ3v) is 5.10. The van der Waals surface area contributed by atoms with Gasteiger partial charge >= 0.3 is 0 Å². The van der Waals surface area contributed by atoms with Crippen molar-refractivity contribution in [3.63, 3.8) is 0 Å². The van der Waals surface area contributed by atoms with E-state index in [-0.39, 0.29) is 30.7 Å². The molecule has 1 heterocycles. The van der Waals surface area contributed by atoms with Gasteiger partial charge in [-0.15, -0.1) is 0 Å². The highest BCUT2D eigenvalue weighted by Crippen LogP contribution is 2.36. The van der Waals surface area contributed by atoms with E-state index >= 15 is 0 Å². The molecule has 1 aliphatic rings. The maximum atomic E-state index is 12.8. The molecule has 1 aliphatic heterocycles. The number of carbonyl (C=O) groups is 3. The Hall–Kier alpha value is -3.55. The van der Waals surface area contributed by atoms with E-state index in [4.69, 9.17) is 9.47 Å². The quantitative estimate of drug-likeness (QED) is 0.678. The molecule has 2 aromatic carbocycles. The fourth-order valence-electron chi connectivity index (χ4n) is 3.45. The van der Waals surface area contributed by atoms with E-state index in [1.807, 2.05) is 6.92 Å². The van der Waals surface area contributed by atoms with Crippen LogP contribution in [0, 0.1) is 5.92 Å². The second-order valence-electron chi connectivity index (χ2n) is 7.27. The Morgan fingerprint density at radius 2 is 1.94 bits per heavy atom. The van der Waals surface area contributed by atoms with Gasteiger partial charge in [-0.2, -0.15) is 0 Å². The Bertz CT molecular complexity index is 975. The summed E-state index contributed by atoms with van der Waals surface area (Å²) in [7, 11) is 3.07. The van der Waals surface area contributed by atoms with E-state index < -0.39 is 5.92 Å². The highest BCUT2D eigenvalue weighted by Gasteiger charge is 2.36. The smallest absolute Gasteiger partial charge is 0.251 e. The fraction of sp³-hybridized carbons (Fsp3) is 0.348. The highest BCUT2D eigenvalue weighted by atomic mass is 16.5. The molecule has 1 atom stereocenters. The Labute approximate surface area is 181 Å². The Morgan fingerprint density at radius 1 is 1.13 bits per heavy atom. The third kappa shape index (κ3) is 5.14. The summed E-state index contributed by atoms with van der Waals surface area (Å²) in [6, 6.07) is 11.9. The number of carbonyl (C=O) groups excluding carboxylic acids is 3. The van der Waals surface area contributed by atoms with Crippen molar-refractivity contribution in [2.24, 2.45) is 5.92 Å². The number of benzene rings is 2. The summed E-state index contributed by atoms with van der Waals surface area (Å²) in [5.74, 6) is -0.0369. The minimum absolute atomic E-state index is 0.0862. The number of rotatable bonds is 8. The van der Waals surface area contributed by atoms with Gasteiger partial charge < -0.3 is 25.0 Å². The van der Waals surface area contributed by atoms with Crippen molar-refractivity contribution in [2.75, 3.05) is 37.5 Å². The van der Waals surface area contributed by atoms with Crippen LogP contribution in [-0.2, 0) is 9.59 Å². The van der Waals surface area contributed by atoms with E-state index in [9.17, 15) is 14.4 Å². The van der Waals surface area contributed by atoms with Gasteiger partial charge in [-0.25, -0.2) is 0 Å². The molecule has 3 rings (SSSR count).